The maximum atomic E-state index is 11.2. The van der Waals surface area contributed by atoms with Gasteiger partial charge in [0.05, 0.1) is 12.4 Å². The Balaban J connectivity index is 3.11. The lowest BCUT2D eigenvalue weighted by atomic mass is 10.3. The van der Waals surface area contributed by atoms with E-state index >= 15 is 0 Å². The molecule has 0 spiro atoms. The van der Waals surface area contributed by atoms with Gasteiger partial charge in [0.1, 0.15) is 0 Å². The molecule has 0 aliphatic heterocycles. The van der Waals surface area contributed by atoms with Gasteiger partial charge in [0, 0.05) is 11.8 Å². The van der Waals surface area contributed by atoms with E-state index in [1.54, 1.807) is 6.92 Å². The maximum Gasteiger partial charge on any atom is 0.328 e. The highest BCUT2D eigenvalue weighted by molar-refractivity contribution is 6.27. The van der Waals surface area contributed by atoms with Gasteiger partial charge in [0.15, 0.2) is 5.78 Å². The minimum Gasteiger partial charge on any atom is -0.296 e. The second-order valence-corrected chi connectivity index (χ2v) is 3.14. The highest BCUT2D eigenvalue weighted by atomic mass is 35.5. The van der Waals surface area contributed by atoms with Crippen LogP contribution in [0.1, 0.15) is 5.56 Å². The number of ketones is 1. The van der Waals surface area contributed by atoms with E-state index in [1.165, 1.54) is 6.20 Å². The van der Waals surface area contributed by atoms with Crippen LogP contribution in [0.25, 0.3) is 0 Å². The molecule has 6 heteroatoms. The van der Waals surface area contributed by atoms with Crippen LogP contribution in [0.4, 0.5) is 0 Å². The highest BCUT2D eigenvalue weighted by Gasteiger charge is 2.04. The standard InChI is InChI=1S/C8H9ClN2O3/c1-5-3-11(4-6(12)2-9)8(14)10-7(5)13/h3H,2,4H2,1H3,(H,10,13,14). The molecule has 5 nitrogen and oxygen atoms in total. The third-order valence-corrected chi connectivity index (χ3v) is 1.98. The number of aryl methyl sites for hydroxylation is 1. The van der Waals surface area contributed by atoms with Crippen molar-refractivity contribution in [2.24, 2.45) is 0 Å². The number of nitrogens with zero attached hydrogens (tertiary/aromatic N) is 1. The summed E-state index contributed by atoms with van der Waals surface area (Å²) in [7, 11) is 0. The predicted molar refractivity (Wildman–Crippen MR) is 51.8 cm³/mol. The molecule has 0 unspecified atom stereocenters. The van der Waals surface area contributed by atoms with Gasteiger partial charge in [0.2, 0.25) is 0 Å². The minimum absolute atomic E-state index is 0.111. The molecule has 0 aliphatic rings. The second-order valence-electron chi connectivity index (χ2n) is 2.87. The topological polar surface area (TPSA) is 71.9 Å². The summed E-state index contributed by atoms with van der Waals surface area (Å²) >= 11 is 5.29. The van der Waals surface area contributed by atoms with Crippen molar-refractivity contribution in [1.82, 2.24) is 9.55 Å². The average molecular weight is 217 g/mol. The Morgan fingerprint density at radius 2 is 2.21 bits per heavy atom. The summed E-state index contributed by atoms with van der Waals surface area (Å²) in [5.41, 5.74) is -0.657. The smallest absolute Gasteiger partial charge is 0.296 e. The molecule has 0 aromatic carbocycles. The van der Waals surface area contributed by atoms with Gasteiger partial charge in [-0.1, -0.05) is 0 Å². The van der Waals surface area contributed by atoms with Crippen molar-refractivity contribution in [2.75, 3.05) is 5.88 Å². The molecule has 76 valence electrons. The molecule has 0 saturated heterocycles. The maximum absolute atomic E-state index is 11.2. The summed E-state index contributed by atoms with van der Waals surface area (Å²) in [6, 6.07) is 0. The van der Waals surface area contributed by atoms with Gasteiger partial charge in [-0.25, -0.2) is 4.79 Å². The summed E-state index contributed by atoms with van der Waals surface area (Å²) in [4.78, 5) is 35.2. The molecule has 14 heavy (non-hydrogen) atoms. The van der Waals surface area contributed by atoms with Crippen LogP contribution in [0, 0.1) is 6.92 Å². The normalized spacial score (nSPS) is 10.1. The molecule has 1 rings (SSSR count). The van der Waals surface area contributed by atoms with Crippen molar-refractivity contribution < 1.29 is 4.79 Å². The van der Waals surface area contributed by atoms with E-state index < -0.39 is 11.2 Å². The number of H-pyrrole nitrogens is 1. The molecular formula is C8H9ClN2O3. The molecule has 0 radical (unpaired) electrons. The van der Waals surface area contributed by atoms with Gasteiger partial charge in [-0.3, -0.25) is 19.1 Å². The van der Waals surface area contributed by atoms with Crippen LogP contribution < -0.4 is 11.2 Å². The van der Waals surface area contributed by atoms with Gasteiger partial charge in [-0.15, -0.1) is 11.6 Å². The fourth-order valence-corrected chi connectivity index (χ4v) is 1.05. The number of alkyl halides is 1. The predicted octanol–water partition coefficient (Wildman–Crippen LogP) is -0.347. The molecule has 0 atom stereocenters. The molecule has 1 heterocycles. The number of hydrogen-bond acceptors (Lipinski definition) is 3. The fraction of sp³-hybridized carbons (Fsp3) is 0.375. The van der Waals surface area contributed by atoms with E-state index in [-0.39, 0.29) is 18.2 Å². The number of Topliss-reactive ketones (excluding diaryl/α,β-unsaturated/α-hetero) is 1. The largest absolute Gasteiger partial charge is 0.328 e. The number of rotatable bonds is 3. The lowest BCUT2D eigenvalue weighted by Gasteiger charge is -2.02. The van der Waals surface area contributed by atoms with E-state index in [1.807, 2.05) is 0 Å². The number of hydrogen-bond donors (Lipinski definition) is 1. The molecule has 0 saturated carbocycles. The number of carbonyl (C=O) groups is 1. The lowest BCUT2D eigenvalue weighted by Crippen LogP contribution is -2.32. The van der Waals surface area contributed by atoms with Gasteiger partial charge in [0.25, 0.3) is 5.56 Å². The Morgan fingerprint density at radius 3 is 2.79 bits per heavy atom. The lowest BCUT2D eigenvalue weighted by molar-refractivity contribution is -0.117. The number of aromatic nitrogens is 2. The van der Waals surface area contributed by atoms with Gasteiger partial charge in [-0.2, -0.15) is 0 Å². The van der Waals surface area contributed by atoms with E-state index in [2.05, 4.69) is 4.98 Å². The van der Waals surface area contributed by atoms with Crippen LogP contribution in [-0.2, 0) is 11.3 Å². The van der Waals surface area contributed by atoms with Crippen LogP contribution in [0.5, 0.6) is 0 Å². The van der Waals surface area contributed by atoms with Gasteiger partial charge in [-0.05, 0) is 6.92 Å². The third kappa shape index (κ3) is 2.32. The molecule has 0 amide bonds. The van der Waals surface area contributed by atoms with E-state index in [0.717, 1.165) is 4.57 Å². The molecule has 0 fully saturated rings. The number of nitrogens with one attached hydrogen (secondary N) is 1. The zero-order valence-electron chi connectivity index (χ0n) is 7.54. The Kier molecular flexibility index (Phi) is 3.24. The molecule has 1 N–H and O–H groups in total. The highest BCUT2D eigenvalue weighted by Crippen LogP contribution is 1.87. The SMILES string of the molecule is Cc1cn(CC(=O)CCl)c(=O)[nH]c1=O. The Labute approximate surface area is 84.3 Å². The van der Waals surface area contributed by atoms with Crippen LogP contribution in [-0.4, -0.2) is 21.2 Å². The molecule has 0 bridgehead atoms. The van der Waals surface area contributed by atoms with Crippen molar-refractivity contribution in [2.45, 2.75) is 13.5 Å². The third-order valence-electron chi connectivity index (χ3n) is 1.68. The molecular weight excluding hydrogens is 208 g/mol. The van der Waals surface area contributed by atoms with Crippen molar-refractivity contribution in [3.63, 3.8) is 0 Å². The van der Waals surface area contributed by atoms with Crippen molar-refractivity contribution in [3.05, 3.63) is 32.6 Å². The first-order valence-corrected chi connectivity index (χ1v) is 4.46. The Bertz CT molecular complexity index is 460. The quantitative estimate of drug-likeness (QED) is 0.703. The Hall–Kier alpha value is -1.36. The summed E-state index contributed by atoms with van der Waals surface area (Å²) < 4.78 is 1.13. The zero-order valence-corrected chi connectivity index (χ0v) is 8.30. The van der Waals surface area contributed by atoms with Crippen LogP contribution in [0.3, 0.4) is 0 Å². The second kappa shape index (κ2) is 4.23. The number of carbonyl (C=O) groups excluding carboxylic acids is 1. The fourth-order valence-electron chi connectivity index (χ4n) is 0.968. The van der Waals surface area contributed by atoms with Crippen LogP contribution in [0.2, 0.25) is 0 Å². The summed E-state index contributed by atoms with van der Waals surface area (Å²) in [5.74, 6) is -0.426. The van der Waals surface area contributed by atoms with Crippen molar-refractivity contribution in [1.29, 1.82) is 0 Å². The first-order valence-electron chi connectivity index (χ1n) is 3.92. The van der Waals surface area contributed by atoms with E-state index in [4.69, 9.17) is 11.6 Å². The van der Waals surface area contributed by atoms with Crippen molar-refractivity contribution in [3.8, 4) is 0 Å². The Morgan fingerprint density at radius 1 is 1.57 bits per heavy atom. The van der Waals surface area contributed by atoms with Gasteiger partial charge < -0.3 is 0 Å². The van der Waals surface area contributed by atoms with Crippen LogP contribution >= 0.6 is 11.6 Å². The molecule has 1 aromatic heterocycles. The minimum atomic E-state index is -0.598. The zero-order chi connectivity index (χ0) is 10.7. The first-order chi connectivity index (χ1) is 6.54. The van der Waals surface area contributed by atoms with Gasteiger partial charge >= 0.3 is 5.69 Å². The summed E-state index contributed by atoms with van der Waals surface area (Å²) in [6.45, 7) is 1.44. The average Bonchev–Trinajstić information content (AvgIpc) is 2.14. The summed E-state index contributed by atoms with van der Waals surface area (Å²) in [6.07, 6.45) is 1.34. The number of aromatic amines is 1. The van der Waals surface area contributed by atoms with E-state index in [0.29, 0.717) is 5.56 Å². The van der Waals surface area contributed by atoms with Crippen LogP contribution in [0.15, 0.2) is 15.8 Å². The van der Waals surface area contributed by atoms with E-state index in [9.17, 15) is 14.4 Å². The first kappa shape index (κ1) is 10.7. The number of halogens is 1. The summed E-state index contributed by atoms with van der Waals surface area (Å²) in [5, 5.41) is 0. The molecule has 1 aromatic rings. The molecule has 0 aliphatic carbocycles. The monoisotopic (exact) mass is 216 g/mol. The van der Waals surface area contributed by atoms with Crippen molar-refractivity contribution >= 4 is 17.4 Å².